The van der Waals surface area contributed by atoms with Crippen LogP contribution in [0.2, 0.25) is 0 Å². The van der Waals surface area contributed by atoms with E-state index in [1.54, 1.807) is 12.1 Å². The van der Waals surface area contributed by atoms with E-state index < -0.39 is 0 Å². The van der Waals surface area contributed by atoms with Gasteiger partial charge in [-0.1, -0.05) is 18.2 Å². The second kappa shape index (κ2) is 3.08. The summed E-state index contributed by atoms with van der Waals surface area (Å²) in [5.74, 6) is 2.10. The van der Waals surface area contributed by atoms with Crippen molar-refractivity contribution in [2.45, 2.75) is 31.6 Å². The van der Waals surface area contributed by atoms with Crippen LogP contribution in [0.3, 0.4) is 0 Å². The average Bonchev–Trinajstić information content (AvgIpc) is 2.78. The summed E-state index contributed by atoms with van der Waals surface area (Å²) in [7, 11) is 0. The summed E-state index contributed by atoms with van der Waals surface area (Å²) in [5, 5.41) is 0. The van der Waals surface area contributed by atoms with Crippen LogP contribution in [0.1, 0.15) is 37.2 Å². The van der Waals surface area contributed by atoms with Crippen molar-refractivity contribution < 1.29 is 4.39 Å². The molecule has 74 valence electrons. The zero-order chi connectivity index (χ0) is 9.54. The predicted octanol–water partition coefficient (Wildman–Crippen LogP) is 3.73. The van der Waals surface area contributed by atoms with E-state index >= 15 is 0 Å². The van der Waals surface area contributed by atoms with Gasteiger partial charge in [0.15, 0.2) is 0 Å². The highest BCUT2D eigenvalue weighted by atomic mass is 19.1. The van der Waals surface area contributed by atoms with Crippen LogP contribution in [0.25, 0.3) is 0 Å². The first kappa shape index (κ1) is 8.46. The lowest BCUT2D eigenvalue weighted by Crippen LogP contribution is -2.05. The Hall–Kier alpha value is -0.850. The Kier molecular flexibility index (Phi) is 1.86. The molecular weight excluding hydrogens is 175 g/mol. The third kappa shape index (κ3) is 1.11. The van der Waals surface area contributed by atoms with Crippen LogP contribution in [0.4, 0.5) is 4.39 Å². The normalized spacial score (nSPS) is 35.1. The van der Waals surface area contributed by atoms with Gasteiger partial charge in [-0.15, -0.1) is 0 Å². The van der Waals surface area contributed by atoms with Crippen molar-refractivity contribution in [1.82, 2.24) is 0 Å². The monoisotopic (exact) mass is 190 g/mol. The first-order valence-corrected chi connectivity index (χ1v) is 5.60. The van der Waals surface area contributed by atoms with Gasteiger partial charge in [0.2, 0.25) is 0 Å². The summed E-state index contributed by atoms with van der Waals surface area (Å²) in [6.45, 7) is 0. The summed E-state index contributed by atoms with van der Waals surface area (Å²) < 4.78 is 13.6. The summed E-state index contributed by atoms with van der Waals surface area (Å²) >= 11 is 0. The SMILES string of the molecule is Fc1ccccc1C1C2CCC1CC2. The van der Waals surface area contributed by atoms with Gasteiger partial charge in [0, 0.05) is 0 Å². The molecule has 0 radical (unpaired) electrons. The Balaban J connectivity index is 2.00. The van der Waals surface area contributed by atoms with Gasteiger partial charge in [0.1, 0.15) is 5.82 Å². The first-order chi connectivity index (χ1) is 6.86. The molecule has 2 bridgehead atoms. The lowest BCUT2D eigenvalue weighted by molar-refractivity contribution is 0.480. The summed E-state index contributed by atoms with van der Waals surface area (Å²) in [4.78, 5) is 0. The molecule has 2 aliphatic rings. The van der Waals surface area contributed by atoms with Crippen LogP contribution in [0.5, 0.6) is 0 Å². The predicted molar refractivity (Wildman–Crippen MR) is 54.6 cm³/mol. The molecule has 2 aliphatic carbocycles. The Morgan fingerprint density at radius 3 is 2.07 bits per heavy atom. The first-order valence-electron chi connectivity index (χ1n) is 5.60. The number of rotatable bonds is 1. The molecule has 14 heavy (non-hydrogen) atoms. The molecule has 0 aliphatic heterocycles. The van der Waals surface area contributed by atoms with Crippen molar-refractivity contribution >= 4 is 0 Å². The van der Waals surface area contributed by atoms with Crippen LogP contribution in [0, 0.1) is 17.7 Å². The van der Waals surface area contributed by atoms with E-state index in [-0.39, 0.29) is 5.82 Å². The topological polar surface area (TPSA) is 0 Å². The molecule has 3 rings (SSSR count). The van der Waals surface area contributed by atoms with Crippen molar-refractivity contribution in [2.24, 2.45) is 11.8 Å². The van der Waals surface area contributed by atoms with E-state index in [0.29, 0.717) is 5.92 Å². The molecule has 1 heteroatoms. The van der Waals surface area contributed by atoms with E-state index in [2.05, 4.69) is 0 Å². The fourth-order valence-electron chi connectivity index (χ4n) is 3.50. The maximum atomic E-state index is 13.6. The van der Waals surface area contributed by atoms with Crippen molar-refractivity contribution in [2.75, 3.05) is 0 Å². The van der Waals surface area contributed by atoms with Gasteiger partial charge in [-0.3, -0.25) is 0 Å². The number of halogens is 1. The molecule has 0 spiro atoms. The van der Waals surface area contributed by atoms with Crippen LogP contribution in [-0.4, -0.2) is 0 Å². The maximum Gasteiger partial charge on any atom is 0.126 e. The van der Waals surface area contributed by atoms with Gasteiger partial charge in [0.05, 0.1) is 0 Å². The highest BCUT2D eigenvalue weighted by Crippen LogP contribution is 2.54. The van der Waals surface area contributed by atoms with Crippen LogP contribution in [0.15, 0.2) is 24.3 Å². The molecule has 0 heterocycles. The van der Waals surface area contributed by atoms with E-state index in [9.17, 15) is 4.39 Å². The number of benzene rings is 1. The molecule has 0 unspecified atom stereocenters. The molecular formula is C13H15F. The molecule has 0 aromatic heterocycles. The summed E-state index contributed by atoms with van der Waals surface area (Å²) in [6, 6.07) is 7.34. The van der Waals surface area contributed by atoms with E-state index in [1.807, 2.05) is 12.1 Å². The van der Waals surface area contributed by atoms with Crippen molar-refractivity contribution in [1.29, 1.82) is 0 Å². The van der Waals surface area contributed by atoms with Crippen LogP contribution >= 0.6 is 0 Å². The van der Waals surface area contributed by atoms with Gasteiger partial charge in [-0.2, -0.15) is 0 Å². The molecule has 2 saturated carbocycles. The quantitative estimate of drug-likeness (QED) is 0.633. The number of hydrogen-bond donors (Lipinski definition) is 0. The number of fused-ring (bicyclic) bond motifs is 2. The fraction of sp³-hybridized carbons (Fsp3) is 0.538. The maximum absolute atomic E-state index is 13.6. The minimum Gasteiger partial charge on any atom is -0.207 e. The van der Waals surface area contributed by atoms with E-state index in [1.165, 1.54) is 25.7 Å². The molecule has 0 N–H and O–H groups in total. The Morgan fingerprint density at radius 2 is 1.50 bits per heavy atom. The largest absolute Gasteiger partial charge is 0.207 e. The third-order valence-corrected chi connectivity index (χ3v) is 4.10. The van der Waals surface area contributed by atoms with Crippen LogP contribution in [-0.2, 0) is 0 Å². The lowest BCUT2D eigenvalue weighted by Gasteiger charge is -2.16. The molecule has 0 amide bonds. The van der Waals surface area contributed by atoms with Gasteiger partial charge < -0.3 is 0 Å². The Morgan fingerprint density at radius 1 is 0.929 bits per heavy atom. The second-order valence-corrected chi connectivity index (χ2v) is 4.72. The Bertz CT molecular complexity index is 325. The molecule has 1 aromatic rings. The second-order valence-electron chi connectivity index (χ2n) is 4.72. The minimum atomic E-state index is 0.0105. The molecule has 0 nitrogen and oxygen atoms in total. The molecule has 1 aromatic carbocycles. The van der Waals surface area contributed by atoms with Gasteiger partial charge in [-0.25, -0.2) is 4.39 Å². The van der Waals surface area contributed by atoms with Gasteiger partial charge >= 0.3 is 0 Å². The minimum absolute atomic E-state index is 0.0105. The summed E-state index contributed by atoms with van der Waals surface area (Å²) in [6.07, 6.45) is 5.29. The van der Waals surface area contributed by atoms with Crippen molar-refractivity contribution in [3.8, 4) is 0 Å². The highest BCUT2D eigenvalue weighted by Gasteiger charge is 2.43. The zero-order valence-corrected chi connectivity index (χ0v) is 8.25. The zero-order valence-electron chi connectivity index (χ0n) is 8.25. The average molecular weight is 190 g/mol. The fourth-order valence-corrected chi connectivity index (χ4v) is 3.50. The van der Waals surface area contributed by atoms with Gasteiger partial charge in [-0.05, 0) is 55.1 Å². The molecule has 2 fully saturated rings. The number of hydrogen-bond acceptors (Lipinski definition) is 0. The molecule has 0 saturated heterocycles. The van der Waals surface area contributed by atoms with Gasteiger partial charge in [0.25, 0.3) is 0 Å². The van der Waals surface area contributed by atoms with Crippen LogP contribution < -0.4 is 0 Å². The third-order valence-electron chi connectivity index (χ3n) is 4.10. The van der Waals surface area contributed by atoms with Crippen molar-refractivity contribution in [3.63, 3.8) is 0 Å². The van der Waals surface area contributed by atoms with E-state index in [4.69, 9.17) is 0 Å². The molecule has 0 atom stereocenters. The van der Waals surface area contributed by atoms with Crippen molar-refractivity contribution in [3.05, 3.63) is 35.6 Å². The lowest BCUT2D eigenvalue weighted by atomic mass is 9.89. The highest BCUT2D eigenvalue weighted by molar-refractivity contribution is 5.26. The Labute approximate surface area is 84.1 Å². The smallest absolute Gasteiger partial charge is 0.126 e. The summed E-state index contributed by atoms with van der Waals surface area (Å²) in [5.41, 5.74) is 0.984. The van der Waals surface area contributed by atoms with E-state index in [0.717, 1.165) is 17.4 Å². The standard InChI is InChI=1S/C13H15F/c14-12-4-2-1-3-11(12)13-9-5-6-10(13)8-7-9/h1-4,9-10,13H,5-8H2.